The van der Waals surface area contributed by atoms with Crippen molar-refractivity contribution >= 4 is 299 Å². The van der Waals surface area contributed by atoms with Crippen LogP contribution in [0.1, 0.15) is 0 Å². The average Bonchev–Trinajstić information content (AvgIpc) is 1.56. The number of rotatable bonds is 8. The van der Waals surface area contributed by atoms with Crippen molar-refractivity contribution in [1.29, 1.82) is 0 Å². The summed E-state index contributed by atoms with van der Waals surface area (Å²) in [6.07, 6.45) is 0. The maximum absolute atomic E-state index is 6.37. The van der Waals surface area contributed by atoms with E-state index >= 15 is 0 Å². The van der Waals surface area contributed by atoms with E-state index in [1.807, 2.05) is 110 Å². The van der Waals surface area contributed by atoms with E-state index in [-0.39, 0.29) is 20.1 Å². The number of fused-ring (bicyclic) bond motifs is 27. The highest BCUT2D eigenvalue weighted by molar-refractivity contribution is 7.42. The van der Waals surface area contributed by atoms with E-state index in [9.17, 15) is 0 Å². The molecule has 25 aromatic rings. The van der Waals surface area contributed by atoms with Crippen molar-refractivity contribution in [2.75, 3.05) is 14.7 Å². The fourth-order valence-electron chi connectivity index (χ4n) is 19.9. The third kappa shape index (κ3) is 12.0. The molecule has 0 aliphatic carbocycles. The van der Waals surface area contributed by atoms with Gasteiger partial charge in [0.2, 0.25) is 5.95 Å². The van der Waals surface area contributed by atoms with Gasteiger partial charge in [-0.05, 0) is 99.0 Å². The Kier molecular flexibility index (Phi) is 17.7. The summed E-state index contributed by atoms with van der Waals surface area (Å²) in [5, 5.41) is 17.8. The first-order valence-electron chi connectivity index (χ1n) is 42.8. The maximum atomic E-state index is 6.37. The molecule has 0 atom stereocenters. The normalized spacial score (nSPS) is 12.8. The van der Waals surface area contributed by atoms with Crippen LogP contribution in [0.15, 0.2) is 411 Å². The zero-order chi connectivity index (χ0) is 83.3. The van der Waals surface area contributed by atoms with Crippen LogP contribution in [0.25, 0.3) is 138 Å². The third-order valence-corrected chi connectivity index (χ3v) is 32.7. The minimum absolute atomic E-state index is 0.108. The SMILES string of the molecule is c1ccc(B2c3sc4ccccc4c3N(c3ccc4c(c3)oc3ccccc34)c3c2sc2ccccc32)cc1.c1ccc(B2c3sc4ccccc4c3N(c3ccc4c5ccccc5c5ccccc5c4c3)c3c2sc2ccccc32)cc1.c1ccc(B2c3sc4ccccc4c3N(c3nc(-c4ccccc4)nc(-c4ccccc4)n3)c3c2sc2ccccc32)cc1. The number of hydrogen-bond acceptors (Lipinski definition) is 13. The summed E-state index contributed by atoms with van der Waals surface area (Å²) in [4.78, 5) is 22.9. The molecule has 17 aromatic carbocycles. The van der Waals surface area contributed by atoms with Gasteiger partial charge in [-0.3, -0.25) is 4.90 Å². The minimum Gasteiger partial charge on any atom is -0.456 e. The van der Waals surface area contributed by atoms with Crippen LogP contribution in [-0.4, -0.2) is 35.1 Å². The lowest BCUT2D eigenvalue weighted by Crippen LogP contribution is -2.54. The summed E-state index contributed by atoms with van der Waals surface area (Å²) >= 11 is 11.5. The summed E-state index contributed by atoms with van der Waals surface area (Å²) in [6, 6.07) is 146. The highest BCUT2D eigenvalue weighted by atomic mass is 32.1. The van der Waals surface area contributed by atoms with Crippen molar-refractivity contribution in [3.63, 3.8) is 0 Å². The van der Waals surface area contributed by atoms with E-state index in [0.717, 1.165) is 50.1 Å². The van der Waals surface area contributed by atoms with Gasteiger partial charge in [-0.25, -0.2) is 4.98 Å². The Labute approximate surface area is 756 Å². The van der Waals surface area contributed by atoms with Gasteiger partial charge in [-0.2, -0.15) is 9.97 Å². The highest BCUT2D eigenvalue weighted by Crippen LogP contribution is 2.53. The van der Waals surface area contributed by atoms with E-state index in [2.05, 4.69) is 379 Å². The first-order chi connectivity index (χ1) is 63.0. The first-order valence-corrected chi connectivity index (χ1v) is 47.7. The summed E-state index contributed by atoms with van der Waals surface area (Å²) in [5.41, 5.74) is 17.6. The van der Waals surface area contributed by atoms with Crippen LogP contribution in [0.3, 0.4) is 0 Å². The molecule has 0 N–H and O–H groups in total. The third-order valence-electron chi connectivity index (χ3n) is 25.4. The summed E-state index contributed by atoms with van der Waals surface area (Å²) in [7, 11) is 0. The molecule has 592 valence electrons. The maximum Gasteiger partial charge on any atom is 0.272 e. The van der Waals surface area contributed by atoms with Gasteiger partial charge in [0.05, 0.1) is 34.1 Å². The topological polar surface area (TPSA) is 61.5 Å². The number of hydrogen-bond donors (Lipinski definition) is 0. The quantitative estimate of drug-likeness (QED) is 0.111. The molecular weight excluding hydrogens is 1660 g/mol. The fraction of sp³-hybridized carbons (Fsp3) is 0. The molecule has 0 saturated carbocycles. The molecule has 28 rings (SSSR count). The first kappa shape index (κ1) is 74.1. The van der Waals surface area contributed by atoms with Gasteiger partial charge in [0.1, 0.15) is 11.2 Å². The van der Waals surface area contributed by atoms with E-state index in [4.69, 9.17) is 19.4 Å². The molecule has 11 heterocycles. The van der Waals surface area contributed by atoms with E-state index in [1.54, 1.807) is 0 Å². The predicted molar refractivity (Wildman–Crippen MR) is 553 cm³/mol. The number of furan rings is 1. The van der Waals surface area contributed by atoms with E-state index in [0.29, 0.717) is 17.6 Å². The Morgan fingerprint density at radius 3 is 0.795 bits per heavy atom. The van der Waals surface area contributed by atoms with Gasteiger partial charge in [-0.1, -0.05) is 350 Å². The zero-order valence-electron chi connectivity index (χ0n) is 68.0. The van der Waals surface area contributed by atoms with Gasteiger partial charge < -0.3 is 14.2 Å². The lowest BCUT2D eigenvalue weighted by atomic mass is 9.41. The second kappa shape index (κ2) is 30.2. The van der Waals surface area contributed by atoms with Crippen LogP contribution in [0.2, 0.25) is 0 Å². The molecule has 127 heavy (non-hydrogen) atoms. The van der Waals surface area contributed by atoms with Crippen LogP contribution in [0.5, 0.6) is 0 Å². The smallest absolute Gasteiger partial charge is 0.272 e. The number of aromatic nitrogens is 3. The predicted octanol–water partition coefficient (Wildman–Crippen LogP) is 26.1. The van der Waals surface area contributed by atoms with E-state index in [1.165, 1.54) is 166 Å². The van der Waals surface area contributed by atoms with Crippen molar-refractivity contribution in [3.8, 4) is 22.8 Å². The molecule has 0 radical (unpaired) electrons. The van der Waals surface area contributed by atoms with Gasteiger partial charge in [0.15, 0.2) is 11.6 Å². The minimum atomic E-state index is 0.108. The summed E-state index contributed by atoms with van der Waals surface area (Å²) in [6.45, 7) is 0.492. The lowest BCUT2D eigenvalue weighted by Gasteiger charge is -2.34. The number of benzene rings is 17. The Morgan fingerprint density at radius 2 is 0.449 bits per heavy atom. The Hall–Kier alpha value is -14.3. The van der Waals surface area contributed by atoms with Gasteiger partial charge >= 0.3 is 0 Å². The molecule has 8 aromatic heterocycles. The second-order valence-electron chi connectivity index (χ2n) is 32.5. The Bertz CT molecular complexity index is 8350. The fourth-order valence-corrected chi connectivity index (χ4v) is 28.1. The largest absolute Gasteiger partial charge is 0.456 e. The molecular formula is C111H67B3N6OS6. The number of nitrogens with zero attached hydrogens (tertiary/aromatic N) is 6. The van der Waals surface area contributed by atoms with Crippen molar-refractivity contribution in [3.05, 3.63) is 406 Å². The summed E-state index contributed by atoms with van der Waals surface area (Å²) < 4.78 is 22.4. The Morgan fingerprint density at radius 1 is 0.197 bits per heavy atom. The average molecular weight is 1730 g/mol. The number of thiophene rings is 6. The summed E-state index contributed by atoms with van der Waals surface area (Å²) in [5.74, 6) is 1.93. The van der Waals surface area contributed by atoms with Gasteiger partial charge in [0, 0.05) is 129 Å². The van der Waals surface area contributed by atoms with Crippen molar-refractivity contribution in [2.45, 2.75) is 0 Å². The molecule has 16 heteroatoms. The van der Waals surface area contributed by atoms with Crippen LogP contribution < -0.4 is 59.7 Å². The standard InChI is InChI=1S/C40H24BNS2.C37H23BN4S2.C34H20BNOS2/c1-2-12-25(13-3-1)41-39-37(32-18-8-10-20-35(32)43-39)42(38-33-19-9-11-21-36(33)44-40(38)41)26-22-23-31-29-16-5-4-14-27(29)28-15-6-7-17-30(28)34(31)24-26;1-4-14-24(15-5-1)35-39-36(25-16-6-2-7-17-25)41-37(40-35)42-31-27-20-10-12-22-29(27)43-33(31)38(26-18-8-3-9-19-26)34-32(42)28-21-11-13-23-30(28)44-34;1-2-10-21(11-3-1)35-33-31(25-13-5-8-16-29(25)38-33)36(32-26-14-6-9-17-30(26)39-34(32)35)22-18-19-24-23-12-4-7-15-27(23)37-28(24)20-22/h1-24H;1-23H;1-20H. The molecule has 3 aliphatic rings. The van der Waals surface area contributed by atoms with Crippen LogP contribution in [-0.2, 0) is 0 Å². The van der Waals surface area contributed by atoms with Crippen molar-refractivity contribution in [2.24, 2.45) is 0 Å². The highest BCUT2D eigenvalue weighted by Gasteiger charge is 2.45. The molecule has 3 aliphatic heterocycles. The second-order valence-corrected chi connectivity index (χ2v) is 39.0. The van der Waals surface area contributed by atoms with Crippen LogP contribution in [0, 0.1) is 0 Å². The molecule has 0 bridgehead atoms. The molecule has 0 spiro atoms. The lowest BCUT2D eigenvalue weighted by molar-refractivity contribution is 0.669. The molecule has 0 amide bonds. The molecule has 0 fully saturated rings. The number of anilines is 9. The van der Waals surface area contributed by atoms with Gasteiger partial charge in [-0.15, -0.1) is 68.0 Å². The number of para-hydroxylation sites is 1. The molecule has 0 unspecified atom stereocenters. The van der Waals surface area contributed by atoms with Crippen molar-refractivity contribution < 1.29 is 4.42 Å². The van der Waals surface area contributed by atoms with Crippen molar-refractivity contribution in [1.82, 2.24) is 15.0 Å². The molecule has 7 nitrogen and oxygen atoms in total. The van der Waals surface area contributed by atoms with Gasteiger partial charge in [0.25, 0.3) is 20.1 Å². The monoisotopic (exact) mass is 1720 g/mol. The van der Waals surface area contributed by atoms with Crippen LogP contribution in [0.4, 0.5) is 51.4 Å². The zero-order valence-corrected chi connectivity index (χ0v) is 72.9. The Balaban J connectivity index is 0.000000101. The molecule has 0 saturated heterocycles. The van der Waals surface area contributed by atoms with Crippen LogP contribution >= 0.6 is 68.0 Å². The van der Waals surface area contributed by atoms with E-state index < -0.39 is 0 Å².